The first-order valence-electron chi connectivity index (χ1n) is 4.99. The van der Waals surface area contributed by atoms with E-state index in [2.05, 4.69) is 15.5 Å². The Hall–Kier alpha value is -0.940. The monoisotopic (exact) mass is 196 g/mol. The summed E-state index contributed by atoms with van der Waals surface area (Å²) >= 11 is 0. The number of hydrogen-bond donors (Lipinski definition) is 1. The number of nitrogens with zero attached hydrogens (tertiary/aromatic N) is 3. The third-order valence-corrected chi connectivity index (χ3v) is 2.36. The largest absolute Gasteiger partial charge is 0.383 e. The second-order valence-corrected chi connectivity index (χ2v) is 3.59. The van der Waals surface area contributed by atoms with Gasteiger partial charge in [0.2, 0.25) is 0 Å². The molecule has 0 aliphatic heterocycles. The van der Waals surface area contributed by atoms with Crippen LogP contribution in [0.15, 0.2) is 6.33 Å². The van der Waals surface area contributed by atoms with Crippen LogP contribution in [0.3, 0.4) is 0 Å². The number of hydrogen-bond acceptors (Lipinski definition) is 4. The molecule has 1 saturated carbocycles. The molecule has 1 fully saturated rings. The maximum atomic E-state index is 5.01. The first kappa shape index (κ1) is 9.61. The van der Waals surface area contributed by atoms with E-state index >= 15 is 0 Å². The molecule has 0 aromatic carbocycles. The molecule has 14 heavy (non-hydrogen) atoms. The predicted molar refractivity (Wildman–Crippen MR) is 51.8 cm³/mol. The van der Waals surface area contributed by atoms with Gasteiger partial charge in [0.15, 0.2) is 0 Å². The van der Waals surface area contributed by atoms with Gasteiger partial charge in [-0.1, -0.05) is 0 Å². The van der Waals surface area contributed by atoms with Crippen LogP contribution in [0.25, 0.3) is 0 Å². The minimum Gasteiger partial charge on any atom is -0.383 e. The van der Waals surface area contributed by atoms with Crippen molar-refractivity contribution in [2.75, 3.05) is 13.7 Å². The number of ether oxygens (including phenoxy) is 1. The van der Waals surface area contributed by atoms with Crippen LogP contribution in [0.2, 0.25) is 0 Å². The molecule has 5 nitrogen and oxygen atoms in total. The van der Waals surface area contributed by atoms with Gasteiger partial charge in [-0.05, 0) is 12.8 Å². The van der Waals surface area contributed by atoms with Gasteiger partial charge in [0, 0.05) is 19.7 Å². The first-order valence-corrected chi connectivity index (χ1v) is 4.99. The van der Waals surface area contributed by atoms with E-state index in [0.29, 0.717) is 12.6 Å². The highest BCUT2D eigenvalue weighted by atomic mass is 16.5. The zero-order valence-electron chi connectivity index (χ0n) is 8.44. The highest BCUT2D eigenvalue weighted by Gasteiger charge is 2.20. The van der Waals surface area contributed by atoms with E-state index in [1.165, 1.54) is 12.8 Å². The molecule has 1 aromatic heterocycles. The summed E-state index contributed by atoms with van der Waals surface area (Å²) in [5, 5.41) is 11.4. The molecule has 1 aliphatic carbocycles. The summed E-state index contributed by atoms with van der Waals surface area (Å²) in [7, 11) is 1.70. The third-order valence-electron chi connectivity index (χ3n) is 2.36. The van der Waals surface area contributed by atoms with Crippen molar-refractivity contribution in [3.05, 3.63) is 12.2 Å². The Labute approximate surface area is 83.5 Å². The molecule has 0 saturated heterocycles. The second-order valence-electron chi connectivity index (χ2n) is 3.59. The number of nitrogens with one attached hydrogen (secondary N) is 1. The Morgan fingerprint density at radius 3 is 3.21 bits per heavy atom. The van der Waals surface area contributed by atoms with E-state index in [9.17, 15) is 0 Å². The topological polar surface area (TPSA) is 52.0 Å². The summed E-state index contributed by atoms with van der Waals surface area (Å²) in [6.45, 7) is 2.34. The Bertz CT molecular complexity index is 282. The van der Waals surface area contributed by atoms with E-state index < -0.39 is 0 Å². The van der Waals surface area contributed by atoms with Crippen molar-refractivity contribution < 1.29 is 4.74 Å². The first-order chi connectivity index (χ1) is 6.90. The molecule has 0 bridgehead atoms. The van der Waals surface area contributed by atoms with Gasteiger partial charge in [-0.3, -0.25) is 0 Å². The van der Waals surface area contributed by atoms with Gasteiger partial charge in [-0.15, -0.1) is 10.2 Å². The van der Waals surface area contributed by atoms with Crippen LogP contribution in [-0.2, 0) is 17.8 Å². The Kier molecular flexibility index (Phi) is 3.10. The lowest BCUT2D eigenvalue weighted by Crippen LogP contribution is -2.19. The van der Waals surface area contributed by atoms with E-state index in [1.54, 1.807) is 13.4 Å². The van der Waals surface area contributed by atoms with Crippen LogP contribution in [0.5, 0.6) is 0 Å². The van der Waals surface area contributed by atoms with E-state index in [0.717, 1.165) is 18.9 Å². The summed E-state index contributed by atoms with van der Waals surface area (Å²) in [6, 6.07) is 0.711. The Morgan fingerprint density at radius 2 is 2.50 bits per heavy atom. The van der Waals surface area contributed by atoms with Crippen molar-refractivity contribution in [3.63, 3.8) is 0 Å². The van der Waals surface area contributed by atoms with Crippen molar-refractivity contribution in [1.82, 2.24) is 20.1 Å². The lowest BCUT2D eigenvalue weighted by molar-refractivity contribution is 0.186. The lowest BCUT2D eigenvalue weighted by atomic mass is 10.5. The minimum atomic E-state index is 0.703. The average Bonchev–Trinajstić information content (AvgIpc) is 2.92. The maximum absolute atomic E-state index is 5.01. The minimum absolute atomic E-state index is 0.703. The molecule has 78 valence electrons. The maximum Gasteiger partial charge on any atom is 0.146 e. The zero-order valence-corrected chi connectivity index (χ0v) is 8.44. The molecule has 0 radical (unpaired) electrons. The van der Waals surface area contributed by atoms with Crippen LogP contribution in [0.4, 0.5) is 0 Å². The van der Waals surface area contributed by atoms with E-state index in [1.807, 2.05) is 4.57 Å². The fourth-order valence-corrected chi connectivity index (χ4v) is 1.32. The van der Waals surface area contributed by atoms with Gasteiger partial charge in [-0.2, -0.15) is 0 Å². The molecule has 1 aliphatic rings. The van der Waals surface area contributed by atoms with Crippen molar-refractivity contribution >= 4 is 0 Å². The van der Waals surface area contributed by atoms with Crippen molar-refractivity contribution in [3.8, 4) is 0 Å². The summed E-state index contributed by atoms with van der Waals surface area (Å²) in [5.74, 6) is 0.994. The molecule has 2 rings (SSSR count). The molecule has 0 atom stereocenters. The van der Waals surface area contributed by atoms with Crippen LogP contribution >= 0.6 is 0 Å². The predicted octanol–water partition coefficient (Wildman–Crippen LogP) is 0.176. The molecule has 0 amide bonds. The van der Waals surface area contributed by atoms with Crippen LogP contribution in [0, 0.1) is 0 Å². The summed E-state index contributed by atoms with van der Waals surface area (Å²) < 4.78 is 7.04. The molecule has 0 spiro atoms. The Morgan fingerprint density at radius 1 is 1.64 bits per heavy atom. The standard InChI is InChI=1S/C9H16N4O/c1-14-5-4-13-7-11-12-9(13)6-10-8-2-3-8/h7-8,10H,2-6H2,1H3. The smallest absolute Gasteiger partial charge is 0.146 e. The zero-order chi connectivity index (χ0) is 9.80. The summed E-state index contributed by atoms with van der Waals surface area (Å²) in [4.78, 5) is 0. The van der Waals surface area contributed by atoms with Crippen molar-refractivity contribution in [2.24, 2.45) is 0 Å². The van der Waals surface area contributed by atoms with Gasteiger partial charge in [0.25, 0.3) is 0 Å². The normalized spacial score (nSPS) is 16.1. The fraction of sp³-hybridized carbons (Fsp3) is 0.778. The van der Waals surface area contributed by atoms with Crippen LogP contribution < -0.4 is 5.32 Å². The molecule has 1 aromatic rings. The highest BCUT2D eigenvalue weighted by molar-refractivity contribution is 4.89. The Balaban J connectivity index is 1.83. The van der Waals surface area contributed by atoms with Crippen LogP contribution in [-0.4, -0.2) is 34.5 Å². The van der Waals surface area contributed by atoms with Gasteiger partial charge in [0.1, 0.15) is 12.2 Å². The quantitative estimate of drug-likeness (QED) is 0.705. The number of methoxy groups -OCH3 is 1. The van der Waals surface area contributed by atoms with Crippen LogP contribution in [0.1, 0.15) is 18.7 Å². The second kappa shape index (κ2) is 4.52. The molecular formula is C9H16N4O. The summed E-state index contributed by atoms with van der Waals surface area (Å²) in [5.41, 5.74) is 0. The van der Waals surface area contributed by atoms with Gasteiger partial charge in [-0.25, -0.2) is 0 Å². The average molecular weight is 196 g/mol. The molecular weight excluding hydrogens is 180 g/mol. The SMILES string of the molecule is COCCn1cnnc1CNC1CC1. The van der Waals surface area contributed by atoms with Crippen molar-refractivity contribution in [2.45, 2.75) is 32.0 Å². The fourth-order valence-electron chi connectivity index (χ4n) is 1.32. The molecule has 5 heteroatoms. The summed E-state index contributed by atoms with van der Waals surface area (Å²) in [6.07, 6.45) is 4.35. The molecule has 1 N–H and O–H groups in total. The molecule has 0 unspecified atom stereocenters. The number of rotatable bonds is 6. The van der Waals surface area contributed by atoms with E-state index in [4.69, 9.17) is 4.74 Å². The van der Waals surface area contributed by atoms with E-state index in [-0.39, 0.29) is 0 Å². The molecule has 1 heterocycles. The van der Waals surface area contributed by atoms with Gasteiger partial charge < -0.3 is 14.6 Å². The number of aromatic nitrogens is 3. The van der Waals surface area contributed by atoms with Crippen molar-refractivity contribution in [1.29, 1.82) is 0 Å². The van der Waals surface area contributed by atoms with Gasteiger partial charge in [0.05, 0.1) is 13.2 Å². The third kappa shape index (κ3) is 2.52. The lowest BCUT2D eigenvalue weighted by Gasteiger charge is -2.05. The van der Waals surface area contributed by atoms with Gasteiger partial charge >= 0.3 is 0 Å². The highest BCUT2D eigenvalue weighted by Crippen LogP contribution is 2.18.